The molecule has 2 N–H and O–H groups in total. The van der Waals surface area contributed by atoms with E-state index in [1.54, 1.807) is 23.1 Å². The lowest BCUT2D eigenvalue weighted by molar-refractivity contribution is 0.258. The summed E-state index contributed by atoms with van der Waals surface area (Å²) in [5.74, 6) is 1.63. The highest BCUT2D eigenvalue weighted by Crippen LogP contribution is 2.37. The standard InChI is InChI=1S/C14H20N4S2/c1-3-6-18-7-5-9-10(8-18)20-13-11(9)12(15)16-14(17-13)19-4-2/h3-8H2,1-2H3,(H2,15,16,17). The van der Waals surface area contributed by atoms with Crippen molar-refractivity contribution in [2.45, 2.75) is 38.4 Å². The van der Waals surface area contributed by atoms with E-state index in [-0.39, 0.29) is 0 Å². The Kier molecular flexibility index (Phi) is 4.14. The second kappa shape index (κ2) is 5.87. The SMILES string of the molecule is CCCN1CCc2c(sc3nc(SCC)nc(N)c23)C1. The summed E-state index contributed by atoms with van der Waals surface area (Å²) >= 11 is 3.45. The van der Waals surface area contributed by atoms with Crippen LogP contribution in [0.1, 0.15) is 30.7 Å². The van der Waals surface area contributed by atoms with Gasteiger partial charge in [0.2, 0.25) is 0 Å². The molecular formula is C14H20N4S2. The molecule has 0 radical (unpaired) electrons. The molecule has 0 aromatic carbocycles. The Morgan fingerprint density at radius 3 is 2.95 bits per heavy atom. The summed E-state index contributed by atoms with van der Waals surface area (Å²) in [7, 11) is 0. The molecule has 1 aliphatic heterocycles. The lowest BCUT2D eigenvalue weighted by Crippen LogP contribution is -2.30. The first-order valence-corrected chi connectivity index (χ1v) is 8.96. The third kappa shape index (κ3) is 2.52. The minimum Gasteiger partial charge on any atom is -0.383 e. The monoisotopic (exact) mass is 308 g/mol. The predicted octanol–water partition coefficient (Wildman–Crippen LogP) is 3.15. The molecule has 0 aliphatic carbocycles. The molecule has 2 aromatic rings. The first-order chi connectivity index (χ1) is 9.72. The number of anilines is 1. The molecule has 0 fully saturated rings. The molecule has 3 rings (SSSR count). The number of hydrogen-bond donors (Lipinski definition) is 1. The molecule has 0 bridgehead atoms. The Balaban J connectivity index is 2.01. The van der Waals surface area contributed by atoms with Crippen LogP contribution in [0.4, 0.5) is 5.82 Å². The number of thioether (sulfide) groups is 1. The van der Waals surface area contributed by atoms with Gasteiger partial charge in [0.05, 0.1) is 5.39 Å². The quantitative estimate of drug-likeness (QED) is 0.694. The van der Waals surface area contributed by atoms with Crippen LogP contribution < -0.4 is 5.73 Å². The Labute approximate surface area is 127 Å². The number of hydrogen-bond acceptors (Lipinski definition) is 6. The Bertz CT molecular complexity index is 623. The van der Waals surface area contributed by atoms with Crippen LogP contribution in [0.3, 0.4) is 0 Å². The molecule has 4 nitrogen and oxygen atoms in total. The first-order valence-electron chi connectivity index (χ1n) is 7.15. The lowest BCUT2D eigenvalue weighted by atomic mass is 10.1. The Hall–Kier alpha value is -0.850. The van der Waals surface area contributed by atoms with E-state index in [1.807, 2.05) is 0 Å². The van der Waals surface area contributed by atoms with Crippen LogP contribution in [0, 0.1) is 0 Å². The van der Waals surface area contributed by atoms with Gasteiger partial charge in [0.25, 0.3) is 0 Å². The number of fused-ring (bicyclic) bond motifs is 3. The molecule has 108 valence electrons. The molecule has 0 amide bonds. The van der Waals surface area contributed by atoms with Gasteiger partial charge in [-0.25, -0.2) is 9.97 Å². The highest BCUT2D eigenvalue weighted by molar-refractivity contribution is 7.99. The average Bonchev–Trinajstić information content (AvgIpc) is 2.77. The van der Waals surface area contributed by atoms with Gasteiger partial charge >= 0.3 is 0 Å². The number of thiophene rings is 1. The number of nitrogen functional groups attached to an aromatic ring is 1. The molecule has 0 saturated carbocycles. The molecule has 20 heavy (non-hydrogen) atoms. The van der Waals surface area contributed by atoms with Crippen LogP contribution in [-0.4, -0.2) is 33.7 Å². The normalized spacial score (nSPS) is 15.7. The maximum Gasteiger partial charge on any atom is 0.190 e. The second-order valence-electron chi connectivity index (χ2n) is 5.03. The summed E-state index contributed by atoms with van der Waals surface area (Å²) < 4.78 is 0. The van der Waals surface area contributed by atoms with E-state index in [0.717, 1.165) is 40.6 Å². The summed E-state index contributed by atoms with van der Waals surface area (Å²) in [6.45, 7) is 7.68. The van der Waals surface area contributed by atoms with Crippen LogP contribution in [0.25, 0.3) is 10.2 Å². The number of aromatic nitrogens is 2. The van der Waals surface area contributed by atoms with Gasteiger partial charge in [-0.1, -0.05) is 25.6 Å². The predicted molar refractivity (Wildman–Crippen MR) is 87.5 cm³/mol. The van der Waals surface area contributed by atoms with E-state index in [9.17, 15) is 0 Å². The van der Waals surface area contributed by atoms with E-state index in [1.165, 1.54) is 23.4 Å². The van der Waals surface area contributed by atoms with Gasteiger partial charge in [0, 0.05) is 18.0 Å². The highest BCUT2D eigenvalue weighted by atomic mass is 32.2. The Morgan fingerprint density at radius 1 is 1.35 bits per heavy atom. The van der Waals surface area contributed by atoms with Crippen LogP contribution in [0.5, 0.6) is 0 Å². The van der Waals surface area contributed by atoms with Crippen molar-refractivity contribution in [2.24, 2.45) is 0 Å². The van der Waals surface area contributed by atoms with E-state index >= 15 is 0 Å². The van der Waals surface area contributed by atoms with Crippen LogP contribution in [0.2, 0.25) is 0 Å². The summed E-state index contributed by atoms with van der Waals surface area (Å²) in [4.78, 5) is 14.1. The van der Waals surface area contributed by atoms with Gasteiger partial charge in [-0.05, 0) is 30.7 Å². The fourth-order valence-electron chi connectivity index (χ4n) is 2.76. The van der Waals surface area contributed by atoms with Crippen molar-refractivity contribution in [3.05, 3.63) is 10.4 Å². The highest BCUT2D eigenvalue weighted by Gasteiger charge is 2.23. The number of nitrogens with zero attached hydrogens (tertiary/aromatic N) is 3. The smallest absolute Gasteiger partial charge is 0.190 e. The van der Waals surface area contributed by atoms with Gasteiger partial charge in [0.1, 0.15) is 10.6 Å². The topological polar surface area (TPSA) is 55.0 Å². The molecule has 2 aromatic heterocycles. The molecule has 0 spiro atoms. The Morgan fingerprint density at radius 2 is 2.20 bits per heavy atom. The zero-order valence-corrected chi connectivity index (χ0v) is 13.6. The molecule has 1 aliphatic rings. The molecule has 3 heterocycles. The van der Waals surface area contributed by atoms with E-state index < -0.39 is 0 Å². The van der Waals surface area contributed by atoms with Crippen molar-refractivity contribution in [1.82, 2.24) is 14.9 Å². The summed E-state index contributed by atoms with van der Waals surface area (Å²) in [6, 6.07) is 0. The zero-order valence-electron chi connectivity index (χ0n) is 12.0. The van der Waals surface area contributed by atoms with Crippen molar-refractivity contribution in [3.8, 4) is 0 Å². The van der Waals surface area contributed by atoms with Crippen LogP contribution in [0.15, 0.2) is 5.16 Å². The largest absolute Gasteiger partial charge is 0.383 e. The third-order valence-corrected chi connectivity index (χ3v) is 5.44. The van der Waals surface area contributed by atoms with Gasteiger partial charge in [-0.2, -0.15) is 0 Å². The van der Waals surface area contributed by atoms with Crippen molar-refractivity contribution < 1.29 is 0 Å². The van der Waals surface area contributed by atoms with Crippen molar-refractivity contribution in [1.29, 1.82) is 0 Å². The average molecular weight is 308 g/mol. The second-order valence-corrected chi connectivity index (χ2v) is 7.35. The number of nitrogens with two attached hydrogens (primary N) is 1. The van der Waals surface area contributed by atoms with Crippen molar-refractivity contribution in [2.75, 3.05) is 24.6 Å². The molecule has 0 atom stereocenters. The van der Waals surface area contributed by atoms with E-state index in [0.29, 0.717) is 5.82 Å². The van der Waals surface area contributed by atoms with Crippen molar-refractivity contribution in [3.63, 3.8) is 0 Å². The van der Waals surface area contributed by atoms with Gasteiger partial charge in [-0.3, -0.25) is 4.90 Å². The molecule has 0 saturated heterocycles. The van der Waals surface area contributed by atoms with Crippen molar-refractivity contribution >= 4 is 39.1 Å². The maximum absolute atomic E-state index is 6.18. The fourth-order valence-corrected chi connectivity index (χ4v) is 4.66. The van der Waals surface area contributed by atoms with Gasteiger partial charge in [-0.15, -0.1) is 11.3 Å². The summed E-state index contributed by atoms with van der Waals surface area (Å²) in [5, 5.41) is 1.92. The molecule has 6 heteroatoms. The minimum absolute atomic E-state index is 0.660. The third-order valence-electron chi connectivity index (χ3n) is 3.60. The van der Waals surface area contributed by atoms with Gasteiger partial charge < -0.3 is 5.73 Å². The van der Waals surface area contributed by atoms with Crippen LogP contribution >= 0.6 is 23.1 Å². The summed E-state index contributed by atoms with van der Waals surface area (Å²) in [6.07, 6.45) is 2.28. The van der Waals surface area contributed by atoms with Gasteiger partial charge in [0.15, 0.2) is 5.16 Å². The summed E-state index contributed by atoms with van der Waals surface area (Å²) in [5.41, 5.74) is 7.57. The van der Waals surface area contributed by atoms with E-state index in [2.05, 4.69) is 28.7 Å². The number of rotatable bonds is 4. The molecule has 0 unspecified atom stereocenters. The first kappa shape index (κ1) is 14.1. The zero-order chi connectivity index (χ0) is 14.1. The van der Waals surface area contributed by atoms with E-state index in [4.69, 9.17) is 5.73 Å². The maximum atomic E-state index is 6.18. The fraction of sp³-hybridized carbons (Fsp3) is 0.571. The lowest BCUT2D eigenvalue weighted by Gasteiger charge is -2.26. The molecular weight excluding hydrogens is 288 g/mol. The minimum atomic E-state index is 0.660. The van der Waals surface area contributed by atoms with Crippen LogP contribution in [-0.2, 0) is 13.0 Å².